The van der Waals surface area contributed by atoms with E-state index in [0.29, 0.717) is 12.3 Å². The van der Waals surface area contributed by atoms with Crippen molar-refractivity contribution in [3.05, 3.63) is 23.8 Å². The summed E-state index contributed by atoms with van der Waals surface area (Å²) in [5.74, 6) is 0. The summed E-state index contributed by atoms with van der Waals surface area (Å²) in [5.41, 5.74) is 7.03. The van der Waals surface area contributed by atoms with Crippen LogP contribution in [0.2, 0.25) is 0 Å². The smallest absolute Gasteiger partial charge is 0.243 e. The summed E-state index contributed by atoms with van der Waals surface area (Å²) in [7, 11) is -3.65. The van der Waals surface area contributed by atoms with Gasteiger partial charge in [-0.25, -0.2) is 8.42 Å². The molecule has 0 bridgehead atoms. The molecule has 1 fully saturated rings. The van der Waals surface area contributed by atoms with Crippen LogP contribution in [0.3, 0.4) is 0 Å². The minimum atomic E-state index is -3.65. The lowest BCUT2D eigenvalue weighted by molar-refractivity contribution is 0.0109. The molecular formula is C12H18N2O4S. The van der Waals surface area contributed by atoms with Crippen LogP contribution >= 0.6 is 0 Å². The number of aryl methyl sites for hydroxylation is 1. The van der Waals surface area contributed by atoms with E-state index in [1.165, 1.54) is 16.4 Å². The number of aliphatic hydroxyl groups is 1. The molecule has 1 atom stereocenters. The molecule has 0 aromatic heterocycles. The SMILES string of the molecule is Cc1ccc(S(=O)(=O)N2CCOCC2CO)cc1N. The maximum absolute atomic E-state index is 12.5. The van der Waals surface area contributed by atoms with Crippen molar-refractivity contribution in [3.63, 3.8) is 0 Å². The molecule has 19 heavy (non-hydrogen) atoms. The van der Waals surface area contributed by atoms with E-state index < -0.39 is 16.1 Å². The number of morpholine rings is 1. The van der Waals surface area contributed by atoms with Crippen LogP contribution in [0.25, 0.3) is 0 Å². The van der Waals surface area contributed by atoms with Crippen molar-refractivity contribution in [1.29, 1.82) is 0 Å². The summed E-state index contributed by atoms with van der Waals surface area (Å²) < 4.78 is 31.5. The Kier molecular flexibility index (Phi) is 4.10. The number of nitrogens with two attached hydrogens (primary N) is 1. The highest BCUT2D eigenvalue weighted by Crippen LogP contribution is 2.23. The minimum Gasteiger partial charge on any atom is -0.398 e. The van der Waals surface area contributed by atoms with E-state index in [0.717, 1.165) is 5.56 Å². The first-order valence-corrected chi connectivity index (χ1v) is 7.47. The summed E-state index contributed by atoms with van der Waals surface area (Å²) in [4.78, 5) is 0.149. The lowest BCUT2D eigenvalue weighted by Gasteiger charge is -2.33. The number of ether oxygens (including phenoxy) is 1. The first kappa shape index (κ1) is 14.3. The largest absolute Gasteiger partial charge is 0.398 e. The van der Waals surface area contributed by atoms with Gasteiger partial charge < -0.3 is 15.6 Å². The second-order valence-corrected chi connectivity index (χ2v) is 6.44. The predicted molar refractivity (Wildman–Crippen MR) is 71.2 cm³/mol. The Labute approximate surface area is 112 Å². The molecule has 1 aromatic carbocycles. The van der Waals surface area contributed by atoms with Crippen LogP contribution in [-0.4, -0.2) is 50.2 Å². The standard InChI is InChI=1S/C12H18N2O4S/c1-9-2-3-11(6-12(9)13)19(16,17)14-4-5-18-8-10(14)7-15/h2-3,6,10,15H,4-5,7-8,13H2,1H3. The fourth-order valence-corrected chi connectivity index (χ4v) is 3.64. The van der Waals surface area contributed by atoms with E-state index in [4.69, 9.17) is 10.5 Å². The number of anilines is 1. The molecule has 3 N–H and O–H groups in total. The van der Waals surface area contributed by atoms with Gasteiger partial charge in [0.1, 0.15) is 0 Å². The van der Waals surface area contributed by atoms with Gasteiger partial charge in [0.05, 0.1) is 30.8 Å². The van der Waals surface area contributed by atoms with E-state index >= 15 is 0 Å². The zero-order valence-corrected chi connectivity index (χ0v) is 11.6. The van der Waals surface area contributed by atoms with Crippen LogP contribution < -0.4 is 5.73 Å². The molecule has 1 heterocycles. The van der Waals surface area contributed by atoms with Gasteiger partial charge in [-0.3, -0.25) is 0 Å². The van der Waals surface area contributed by atoms with Gasteiger partial charge in [-0.05, 0) is 24.6 Å². The van der Waals surface area contributed by atoms with Gasteiger partial charge in [-0.2, -0.15) is 4.31 Å². The predicted octanol–water partition coefficient (Wildman–Crippen LogP) is -0.0410. The highest BCUT2D eigenvalue weighted by atomic mass is 32.2. The molecule has 6 nitrogen and oxygen atoms in total. The van der Waals surface area contributed by atoms with Gasteiger partial charge in [0, 0.05) is 12.2 Å². The highest BCUT2D eigenvalue weighted by Gasteiger charge is 2.33. The molecule has 0 saturated carbocycles. The summed E-state index contributed by atoms with van der Waals surface area (Å²) in [6.45, 7) is 2.33. The molecule has 1 aliphatic heterocycles. The second kappa shape index (κ2) is 5.46. The van der Waals surface area contributed by atoms with Crippen molar-refractivity contribution in [2.45, 2.75) is 17.9 Å². The molecule has 1 unspecified atom stereocenters. The van der Waals surface area contributed by atoms with Crippen molar-refractivity contribution in [1.82, 2.24) is 4.31 Å². The van der Waals surface area contributed by atoms with Crippen LogP contribution in [0.1, 0.15) is 5.56 Å². The summed E-state index contributed by atoms with van der Waals surface area (Å²) in [6.07, 6.45) is 0. The van der Waals surface area contributed by atoms with Crippen molar-refractivity contribution in [2.75, 3.05) is 32.1 Å². The van der Waals surface area contributed by atoms with Crippen molar-refractivity contribution in [3.8, 4) is 0 Å². The number of hydrogen-bond acceptors (Lipinski definition) is 5. The summed E-state index contributed by atoms with van der Waals surface area (Å²) in [5, 5.41) is 9.26. The maximum Gasteiger partial charge on any atom is 0.243 e. The average molecular weight is 286 g/mol. The monoisotopic (exact) mass is 286 g/mol. The first-order valence-electron chi connectivity index (χ1n) is 6.03. The van der Waals surface area contributed by atoms with Crippen LogP contribution in [0.15, 0.2) is 23.1 Å². The number of benzene rings is 1. The molecule has 7 heteroatoms. The van der Waals surface area contributed by atoms with Gasteiger partial charge in [0.2, 0.25) is 10.0 Å². The van der Waals surface area contributed by atoms with Crippen molar-refractivity contribution in [2.24, 2.45) is 0 Å². The zero-order valence-electron chi connectivity index (χ0n) is 10.7. The fourth-order valence-electron chi connectivity index (χ4n) is 2.01. The molecule has 0 spiro atoms. The molecule has 1 aromatic rings. The summed E-state index contributed by atoms with van der Waals surface area (Å²) in [6, 6.07) is 4.12. The molecule has 1 saturated heterocycles. The van der Waals surface area contributed by atoms with Gasteiger partial charge in [0.25, 0.3) is 0 Å². The lowest BCUT2D eigenvalue weighted by atomic mass is 10.2. The topological polar surface area (TPSA) is 92.9 Å². The first-order chi connectivity index (χ1) is 8.96. The molecule has 0 amide bonds. The number of nitrogens with zero attached hydrogens (tertiary/aromatic N) is 1. The molecule has 0 radical (unpaired) electrons. The molecular weight excluding hydrogens is 268 g/mol. The normalized spacial score (nSPS) is 21.5. The number of nitrogen functional groups attached to an aromatic ring is 1. The van der Waals surface area contributed by atoms with Crippen LogP contribution in [0, 0.1) is 6.92 Å². The van der Waals surface area contributed by atoms with Crippen LogP contribution in [-0.2, 0) is 14.8 Å². The third-order valence-electron chi connectivity index (χ3n) is 3.24. The fraction of sp³-hybridized carbons (Fsp3) is 0.500. The van der Waals surface area contributed by atoms with Gasteiger partial charge >= 0.3 is 0 Å². The molecule has 106 valence electrons. The van der Waals surface area contributed by atoms with E-state index in [1.807, 2.05) is 6.92 Å². The van der Waals surface area contributed by atoms with Gasteiger partial charge in [-0.1, -0.05) is 6.07 Å². The highest BCUT2D eigenvalue weighted by molar-refractivity contribution is 7.89. The van der Waals surface area contributed by atoms with Crippen molar-refractivity contribution < 1.29 is 18.3 Å². The number of sulfonamides is 1. The molecule has 1 aliphatic rings. The van der Waals surface area contributed by atoms with E-state index in [9.17, 15) is 13.5 Å². The molecule has 0 aliphatic carbocycles. The zero-order chi connectivity index (χ0) is 14.0. The Morgan fingerprint density at radius 3 is 2.89 bits per heavy atom. The van der Waals surface area contributed by atoms with Crippen LogP contribution in [0.5, 0.6) is 0 Å². The quantitative estimate of drug-likeness (QED) is 0.761. The van der Waals surface area contributed by atoms with E-state index in [2.05, 4.69) is 0 Å². The third kappa shape index (κ3) is 2.74. The van der Waals surface area contributed by atoms with Crippen LogP contribution in [0.4, 0.5) is 5.69 Å². The van der Waals surface area contributed by atoms with Gasteiger partial charge in [0.15, 0.2) is 0 Å². The number of aliphatic hydroxyl groups excluding tert-OH is 1. The third-order valence-corrected chi connectivity index (χ3v) is 5.19. The second-order valence-electron chi connectivity index (χ2n) is 4.55. The Hall–Kier alpha value is -1.15. The Bertz CT molecular complexity index is 559. The lowest BCUT2D eigenvalue weighted by Crippen LogP contribution is -2.50. The Morgan fingerprint density at radius 1 is 1.53 bits per heavy atom. The van der Waals surface area contributed by atoms with Gasteiger partial charge in [-0.15, -0.1) is 0 Å². The Morgan fingerprint density at radius 2 is 2.26 bits per heavy atom. The van der Waals surface area contributed by atoms with Crippen molar-refractivity contribution >= 4 is 15.7 Å². The number of rotatable bonds is 3. The Balaban J connectivity index is 2.37. The average Bonchev–Trinajstić information content (AvgIpc) is 2.41. The van der Waals surface area contributed by atoms with E-state index in [1.54, 1.807) is 6.07 Å². The minimum absolute atomic E-state index is 0.149. The number of hydrogen-bond donors (Lipinski definition) is 2. The molecule has 2 rings (SSSR count). The van der Waals surface area contributed by atoms with E-state index in [-0.39, 0.29) is 24.7 Å². The maximum atomic E-state index is 12.5. The summed E-state index contributed by atoms with van der Waals surface area (Å²) >= 11 is 0.